The molecule has 0 unspecified atom stereocenters. The van der Waals surface area contributed by atoms with Gasteiger partial charge >= 0.3 is 0 Å². The minimum Gasteiger partial charge on any atom is -0.504 e. The zero-order valence-corrected chi connectivity index (χ0v) is 38.2. The lowest BCUT2D eigenvalue weighted by molar-refractivity contribution is 0.0974. The fraction of sp³-hybridized carbons (Fsp3) is 0.429. The smallest absolute Gasteiger partial charge is 0.200 e. The Hall–Kier alpha value is -5.76. The van der Waals surface area contributed by atoms with Gasteiger partial charge in [-0.25, -0.2) is 0 Å². The second kappa shape index (κ2) is 20.0. The van der Waals surface area contributed by atoms with Gasteiger partial charge in [-0.15, -0.1) is 0 Å². The number of benzene rings is 5. The number of ketones is 2. The Morgan fingerprint density at radius 3 is 1.53 bits per heavy atom. The minimum absolute atomic E-state index is 0.00203. The molecule has 5 aromatic carbocycles. The third-order valence-electron chi connectivity index (χ3n) is 14.1. The number of hydrogen-bond donors (Lipinski definition) is 4. The standard InChI is InChI=1S/C56H66N2O6/c1-5-7-9-35-11-17-38(18-12-35)40-21-27-43(28-22-40)63-47-32-45(57)49-51(53(47)59)56(62)50-46(58-42-25-15-37(16-26-42)31-34(3)4)33-48(54(60)52(50)55(49)61)64-44-29-23-41(24-30-44)39-19-13-36(14-20-39)10-8-6-2/h15-16,21-30,32-36,38-39,58-60H,5-14,17-20,31,57H2,1-4H3. The normalized spacial score (nSPS) is 19.6. The lowest BCUT2D eigenvalue weighted by Gasteiger charge is -2.29. The molecular formula is C56H66N2O6. The van der Waals surface area contributed by atoms with Gasteiger partial charge in [0.1, 0.15) is 11.5 Å². The summed E-state index contributed by atoms with van der Waals surface area (Å²) in [5, 5.41) is 27.0. The summed E-state index contributed by atoms with van der Waals surface area (Å²) in [6, 6.07) is 26.6. The first-order valence-electron chi connectivity index (χ1n) is 24.1. The van der Waals surface area contributed by atoms with Crippen LogP contribution in [0, 0.1) is 17.8 Å². The van der Waals surface area contributed by atoms with E-state index in [4.69, 9.17) is 15.2 Å². The third kappa shape index (κ3) is 9.81. The molecule has 336 valence electrons. The lowest BCUT2D eigenvalue weighted by atomic mass is 9.77. The molecule has 0 atom stereocenters. The van der Waals surface area contributed by atoms with Crippen molar-refractivity contribution in [3.05, 3.63) is 124 Å². The number of phenols is 2. The minimum atomic E-state index is -0.708. The second-order valence-electron chi connectivity index (χ2n) is 19.2. The Morgan fingerprint density at radius 2 is 1.06 bits per heavy atom. The Labute approximate surface area is 379 Å². The molecule has 2 saturated carbocycles. The molecule has 8 rings (SSSR count). The fourth-order valence-electron chi connectivity index (χ4n) is 10.5. The average molecular weight is 863 g/mol. The van der Waals surface area contributed by atoms with Crippen LogP contribution in [0.2, 0.25) is 0 Å². The number of nitrogens with two attached hydrogens (primary N) is 1. The van der Waals surface area contributed by atoms with Crippen molar-refractivity contribution in [2.75, 3.05) is 11.1 Å². The number of hydrogen-bond acceptors (Lipinski definition) is 8. The van der Waals surface area contributed by atoms with E-state index in [0.29, 0.717) is 34.9 Å². The van der Waals surface area contributed by atoms with E-state index >= 15 is 0 Å². The average Bonchev–Trinajstić information content (AvgIpc) is 3.30. The van der Waals surface area contributed by atoms with Crippen molar-refractivity contribution in [1.82, 2.24) is 0 Å². The van der Waals surface area contributed by atoms with Gasteiger partial charge in [0.05, 0.1) is 27.9 Å². The van der Waals surface area contributed by atoms with Crippen molar-refractivity contribution >= 4 is 28.6 Å². The summed E-state index contributed by atoms with van der Waals surface area (Å²) in [6.45, 7) is 8.84. The highest BCUT2D eigenvalue weighted by molar-refractivity contribution is 6.34. The van der Waals surface area contributed by atoms with Gasteiger partial charge in [-0.2, -0.15) is 0 Å². The summed E-state index contributed by atoms with van der Waals surface area (Å²) in [4.78, 5) is 29.4. The summed E-state index contributed by atoms with van der Waals surface area (Å²) in [6.07, 6.45) is 18.3. The maximum absolute atomic E-state index is 14.8. The van der Waals surface area contributed by atoms with Crippen molar-refractivity contribution < 1.29 is 29.3 Å². The fourth-order valence-corrected chi connectivity index (χ4v) is 10.5. The molecule has 0 heterocycles. The number of fused-ring (bicyclic) bond motifs is 2. The van der Waals surface area contributed by atoms with Crippen molar-refractivity contribution in [2.45, 2.75) is 136 Å². The molecule has 2 fully saturated rings. The van der Waals surface area contributed by atoms with Gasteiger partial charge in [-0.05, 0) is 140 Å². The summed E-state index contributed by atoms with van der Waals surface area (Å²) < 4.78 is 12.5. The molecule has 0 aromatic heterocycles. The number of carbonyl (C=O) groups excluding carboxylic acids is 2. The first kappa shape index (κ1) is 44.8. The van der Waals surface area contributed by atoms with Gasteiger partial charge in [-0.1, -0.05) is 103 Å². The van der Waals surface area contributed by atoms with E-state index in [1.54, 1.807) is 0 Å². The van der Waals surface area contributed by atoms with Crippen molar-refractivity contribution in [2.24, 2.45) is 17.8 Å². The van der Waals surface area contributed by atoms with Crippen LogP contribution in [-0.4, -0.2) is 21.8 Å². The molecule has 5 N–H and O–H groups in total. The first-order valence-corrected chi connectivity index (χ1v) is 24.1. The Balaban J connectivity index is 1.07. The number of carbonyl (C=O) groups is 2. The molecule has 0 spiro atoms. The van der Waals surface area contributed by atoms with Gasteiger partial charge in [-0.3, -0.25) is 9.59 Å². The van der Waals surface area contributed by atoms with Crippen LogP contribution in [0.4, 0.5) is 17.1 Å². The molecule has 0 radical (unpaired) electrons. The predicted molar refractivity (Wildman–Crippen MR) is 257 cm³/mol. The van der Waals surface area contributed by atoms with Crippen LogP contribution in [0.3, 0.4) is 0 Å². The van der Waals surface area contributed by atoms with E-state index in [9.17, 15) is 19.8 Å². The maximum Gasteiger partial charge on any atom is 0.200 e. The number of aromatic hydroxyl groups is 2. The lowest BCUT2D eigenvalue weighted by Crippen LogP contribution is -2.24. The molecule has 64 heavy (non-hydrogen) atoms. The predicted octanol–water partition coefficient (Wildman–Crippen LogP) is 14.9. The van der Waals surface area contributed by atoms with Crippen LogP contribution < -0.4 is 20.5 Å². The number of anilines is 3. The first-order chi connectivity index (χ1) is 31.0. The number of rotatable bonds is 16. The molecule has 0 aliphatic heterocycles. The third-order valence-corrected chi connectivity index (χ3v) is 14.1. The van der Waals surface area contributed by atoms with Crippen LogP contribution in [0.1, 0.15) is 178 Å². The van der Waals surface area contributed by atoms with Crippen LogP contribution in [-0.2, 0) is 6.42 Å². The van der Waals surface area contributed by atoms with E-state index in [1.807, 2.05) is 48.5 Å². The molecule has 3 aliphatic carbocycles. The Kier molecular flexibility index (Phi) is 14.0. The highest BCUT2D eigenvalue weighted by atomic mass is 16.5. The highest BCUT2D eigenvalue weighted by Gasteiger charge is 2.41. The van der Waals surface area contributed by atoms with E-state index in [1.165, 1.54) is 113 Å². The van der Waals surface area contributed by atoms with E-state index in [-0.39, 0.29) is 45.1 Å². The van der Waals surface area contributed by atoms with Crippen LogP contribution >= 0.6 is 0 Å². The SMILES string of the molecule is CCCCC1CCC(c2ccc(Oc3cc(N)c4c(c3O)C(=O)c3c(Nc5ccc(CC(C)C)cc5)cc(Oc5ccc(C6CCC(CCCC)CC6)cc5)c(O)c3C4=O)cc2)CC1. The summed E-state index contributed by atoms with van der Waals surface area (Å²) >= 11 is 0. The van der Waals surface area contributed by atoms with Crippen molar-refractivity contribution in [3.8, 4) is 34.5 Å². The molecule has 0 saturated heterocycles. The summed E-state index contributed by atoms with van der Waals surface area (Å²) in [5.74, 6) is 1.65. The van der Waals surface area contributed by atoms with E-state index in [0.717, 1.165) is 23.8 Å². The van der Waals surface area contributed by atoms with Gasteiger partial charge < -0.3 is 30.7 Å². The Morgan fingerprint density at radius 1 is 0.609 bits per heavy atom. The van der Waals surface area contributed by atoms with Gasteiger partial charge in [0, 0.05) is 23.5 Å². The number of phenolic OH excluding ortho intramolecular Hbond substituents is 2. The molecule has 8 heteroatoms. The number of nitrogens with one attached hydrogen (secondary N) is 1. The van der Waals surface area contributed by atoms with Gasteiger partial charge in [0.2, 0.25) is 11.6 Å². The molecule has 0 amide bonds. The Bertz CT molecular complexity index is 2420. The number of unbranched alkanes of at least 4 members (excludes halogenated alkanes) is 2. The molecule has 5 aromatic rings. The largest absolute Gasteiger partial charge is 0.504 e. The zero-order chi connectivity index (χ0) is 44.9. The quantitative estimate of drug-likeness (QED) is 0.0559. The van der Waals surface area contributed by atoms with Gasteiger partial charge in [0.15, 0.2) is 23.0 Å². The summed E-state index contributed by atoms with van der Waals surface area (Å²) in [7, 11) is 0. The summed E-state index contributed by atoms with van der Waals surface area (Å²) in [5.41, 5.74) is 10.3. The van der Waals surface area contributed by atoms with Crippen LogP contribution in [0.25, 0.3) is 0 Å². The van der Waals surface area contributed by atoms with Crippen LogP contribution in [0.5, 0.6) is 34.5 Å². The molecule has 8 nitrogen and oxygen atoms in total. The van der Waals surface area contributed by atoms with E-state index < -0.39 is 23.1 Å². The number of ether oxygens (including phenoxy) is 2. The van der Waals surface area contributed by atoms with Gasteiger partial charge in [0.25, 0.3) is 0 Å². The van der Waals surface area contributed by atoms with Crippen molar-refractivity contribution in [1.29, 1.82) is 0 Å². The van der Waals surface area contributed by atoms with Crippen molar-refractivity contribution in [3.63, 3.8) is 0 Å². The topological polar surface area (TPSA) is 131 Å². The molecule has 0 bridgehead atoms. The highest BCUT2D eigenvalue weighted by Crippen LogP contribution is 2.50. The second-order valence-corrected chi connectivity index (χ2v) is 19.2. The van der Waals surface area contributed by atoms with E-state index in [2.05, 4.69) is 57.3 Å². The number of nitrogen functional groups attached to an aromatic ring is 1. The zero-order valence-electron chi connectivity index (χ0n) is 38.2. The molecular weight excluding hydrogens is 797 g/mol. The monoisotopic (exact) mass is 862 g/mol. The maximum atomic E-state index is 14.8. The molecule has 3 aliphatic rings. The van der Waals surface area contributed by atoms with Crippen LogP contribution in [0.15, 0.2) is 84.9 Å².